The van der Waals surface area contributed by atoms with Gasteiger partial charge >= 0.3 is 0 Å². The van der Waals surface area contributed by atoms with E-state index in [-0.39, 0.29) is 11.9 Å². The standard InChI is InChI=1S/C10H21N3O/c1-3-14-9-5-4-6-13(7-9)8(2)10(11)12/h8-9H,3-7H2,1-2H3,(H3,11,12). The van der Waals surface area contributed by atoms with Crippen molar-refractivity contribution in [3.05, 3.63) is 0 Å². The van der Waals surface area contributed by atoms with Crippen molar-refractivity contribution >= 4 is 5.84 Å². The SMILES string of the molecule is CCOC1CCCN(C(C)C(=N)N)C1. The maximum atomic E-state index is 7.40. The van der Waals surface area contributed by atoms with Crippen molar-refractivity contribution < 1.29 is 4.74 Å². The largest absolute Gasteiger partial charge is 0.386 e. The number of hydrogen-bond acceptors (Lipinski definition) is 3. The lowest BCUT2D eigenvalue weighted by Gasteiger charge is -2.35. The van der Waals surface area contributed by atoms with Gasteiger partial charge in [-0.25, -0.2) is 0 Å². The highest BCUT2D eigenvalue weighted by Gasteiger charge is 2.24. The first kappa shape index (κ1) is 11.5. The zero-order valence-corrected chi connectivity index (χ0v) is 9.12. The Hall–Kier alpha value is -0.610. The fourth-order valence-corrected chi connectivity index (χ4v) is 1.89. The Morgan fingerprint density at radius 3 is 3.00 bits per heavy atom. The van der Waals surface area contributed by atoms with Crippen LogP contribution in [-0.4, -0.2) is 42.6 Å². The van der Waals surface area contributed by atoms with E-state index in [1.807, 2.05) is 13.8 Å². The summed E-state index contributed by atoms with van der Waals surface area (Å²) in [7, 11) is 0. The van der Waals surface area contributed by atoms with E-state index in [9.17, 15) is 0 Å². The van der Waals surface area contributed by atoms with E-state index < -0.39 is 0 Å². The Kier molecular flexibility index (Phi) is 4.35. The highest BCUT2D eigenvalue weighted by atomic mass is 16.5. The van der Waals surface area contributed by atoms with Gasteiger partial charge in [0.1, 0.15) is 5.84 Å². The molecule has 14 heavy (non-hydrogen) atoms. The van der Waals surface area contributed by atoms with Crippen LogP contribution < -0.4 is 5.73 Å². The summed E-state index contributed by atoms with van der Waals surface area (Å²) in [4.78, 5) is 2.23. The number of hydrogen-bond donors (Lipinski definition) is 2. The van der Waals surface area contributed by atoms with E-state index in [1.165, 1.54) is 0 Å². The van der Waals surface area contributed by atoms with E-state index in [2.05, 4.69) is 4.90 Å². The van der Waals surface area contributed by atoms with Gasteiger partial charge in [-0.15, -0.1) is 0 Å². The summed E-state index contributed by atoms with van der Waals surface area (Å²) >= 11 is 0. The molecule has 2 atom stereocenters. The van der Waals surface area contributed by atoms with Gasteiger partial charge in [0.2, 0.25) is 0 Å². The Morgan fingerprint density at radius 2 is 2.43 bits per heavy atom. The van der Waals surface area contributed by atoms with Gasteiger partial charge in [-0.05, 0) is 33.2 Å². The maximum absolute atomic E-state index is 7.40. The molecule has 0 amide bonds. The molecule has 0 bridgehead atoms. The molecule has 1 saturated heterocycles. The molecule has 3 N–H and O–H groups in total. The molecule has 0 radical (unpaired) electrons. The Balaban J connectivity index is 2.43. The second-order valence-corrected chi connectivity index (χ2v) is 3.85. The summed E-state index contributed by atoms with van der Waals surface area (Å²) in [6.07, 6.45) is 2.60. The van der Waals surface area contributed by atoms with Gasteiger partial charge in [0, 0.05) is 13.2 Å². The van der Waals surface area contributed by atoms with Crippen LogP contribution in [0, 0.1) is 5.41 Å². The molecule has 0 saturated carbocycles. The van der Waals surface area contributed by atoms with Crippen LogP contribution in [0.1, 0.15) is 26.7 Å². The highest BCUT2D eigenvalue weighted by Crippen LogP contribution is 2.15. The van der Waals surface area contributed by atoms with Crippen molar-refractivity contribution in [2.45, 2.75) is 38.8 Å². The van der Waals surface area contributed by atoms with Gasteiger partial charge in [0.25, 0.3) is 0 Å². The third-order valence-electron chi connectivity index (χ3n) is 2.81. The number of piperidine rings is 1. The second kappa shape index (κ2) is 5.32. The zero-order valence-electron chi connectivity index (χ0n) is 9.12. The highest BCUT2D eigenvalue weighted by molar-refractivity contribution is 5.82. The summed E-state index contributed by atoms with van der Waals surface area (Å²) < 4.78 is 5.59. The van der Waals surface area contributed by atoms with Crippen LogP contribution >= 0.6 is 0 Å². The molecule has 1 rings (SSSR count). The van der Waals surface area contributed by atoms with E-state index in [0.29, 0.717) is 6.10 Å². The molecule has 2 unspecified atom stereocenters. The number of amidine groups is 1. The van der Waals surface area contributed by atoms with Crippen molar-refractivity contribution in [3.63, 3.8) is 0 Å². The third kappa shape index (κ3) is 2.96. The fraction of sp³-hybridized carbons (Fsp3) is 0.900. The molecule has 1 fully saturated rings. The predicted molar refractivity (Wildman–Crippen MR) is 57.6 cm³/mol. The van der Waals surface area contributed by atoms with Crippen molar-refractivity contribution in [2.75, 3.05) is 19.7 Å². The Labute approximate surface area is 85.9 Å². The molecule has 82 valence electrons. The summed E-state index contributed by atoms with van der Waals surface area (Å²) in [6, 6.07) is 0.0539. The third-order valence-corrected chi connectivity index (χ3v) is 2.81. The molecular formula is C10H21N3O. The first-order chi connectivity index (χ1) is 6.65. The lowest BCUT2D eigenvalue weighted by atomic mass is 10.1. The predicted octanol–water partition coefficient (Wildman–Crippen LogP) is 0.812. The van der Waals surface area contributed by atoms with Crippen LogP contribution in [0.3, 0.4) is 0 Å². The normalized spacial score (nSPS) is 26.0. The monoisotopic (exact) mass is 199 g/mol. The van der Waals surface area contributed by atoms with Crippen molar-refractivity contribution in [1.29, 1.82) is 5.41 Å². The molecule has 0 aromatic heterocycles. The van der Waals surface area contributed by atoms with Crippen molar-refractivity contribution in [2.24, 2.45) is 5.73 Å². The average Bonchev–Trinajstić information content (AvgIpc) is 2.17. The quantitative estimate of drug-likeness (QED) is 0.520. The summed E-state index contributed by atoms with van der Waals surface area (Å²) in [5.41, 5.74) is 5.49. The number of rotatable bonds is 4. The number of nitrogens with two attached hydrogens (primary N) is 1. The van der Waals surface area contributed by atoms with Crippen molar-refractivity contribution in [1.82, 2.24) is 4.90 Å². The minimum Gasteiger partial charge on any atom is -0.386 e. The lowest BCUT2D eigenvalue weighted by Crippen LogP contribution is -2.49. The van der Waals surface area contributed by atoms with Crippen molar-refractivity contribution in [3.8, 4) is 0 Å². The lowest BCUT2D eigenvalue weighted by molar-refractivity contribution is 0.00201. The number of nitrogens with one attached hydrogen (secondary N) is 1. The van der Waals surface area contributed by atoms with Gasteiger partial charge < -0.3 is 10.5 Å². The minimum atomic E-state index is 0.0539. The number of ether oxygens (including phenoxy) is 1. The van der Waals surface area contributed by atoms with Gasteiger partial charge in [-0.3, -0.25) is 10.3 Å². The summed E-state index contributed by atoms with van der Waals surface area (Å²) in [5, 5.41) is 7.40. The molecule has 0 spiro atoms. The second-order valence-electron chi connectivity index (χ2n) is 3.85. The molecule has 1 aliphatic rings. The zero-order chi connectivity index (χ0) is 10.6. The first-order valence-corrected chi connectivity index (χ1v) is 5.34. The van der Waals surface area contributed by atoms with Crippen LogP contribution in [0.4, 0.5) is 0 Å². The fourth-order valence-electron chi connectivity index (χ4n) is 1.89. The van der Waals surface area contributed by atoms with Crippen LogP contribution in [0.5, 0.6) is 0 Å². The molecule has 0 aliphatic carbocycles. The van der Waals surface area contributed by atoms with E-state index in [0.717, 1.165) is 32.5 Å². The molecule has 4 nitrogen and oxygen atoms in total. The Morgan fingerprint density at radius 1 is 1.71 bits per heavy atom. The van der Waals surface area contributed by atoms with Crippen LogP contribution in [0.25, 0.3) is 0 Å². The summed E-state index contributed by atoms with van der Waals surface area (Å²) in [5.74, 6) is 0.252. The van der Waals surface area contributed by atoms with E-state index >= 15 is 0 Å². The molecule has 0 aromatic rings. The Bertz CT molecular complexity index is 194. The maximum Gasteiger partial charge on any atom is 0.108 e. The van der Waals surface area contributed by atoms with E-state index in [1.54, 1.807) is 0 Å². The van der Waals surface area contributed by atoms with Gasteiger partial charge in [0.05, 0.1) is 12.1 Å². The van der Waals surface area contributed by atoms with Gasteiger partial charge in [-0.1, -0.05) is 0 Å². The first-order valence-electron chi connectivity index (χ1n) is 5.34. The van der Waals surface area contributed by atoms with Crippen LogP contribution in [0.2, 0.25) is 0 Å². The smallest absolute Gasteiger partial charge is 0.108 e. The van der Waals surface area contributed by atoms with E-state index in [4.69, 9.17) is 15.9 Å². The van der Waals surface area contributed by atoms with Gasteiger partial charge in [-0.2, -0.15) is 0 Å². The van der Waals surface area contributed by atoms with Gasteiger partial charge in [0.15, 0.2) is 0 Å². The van der Waals surface area contributed by atoms with Crippen LogP contribution in [0.15, 0.2) is 0 Å². The molecule has 1 heterocycles. The molecule has 4 heteroatoms. The summed E-state index contributed by atoms with van der Waals surface area (Å²) in [6.45, 7) is 6.72. The minimum absolute atomic E-state index is 0.0539. The topological polar surface area (TPSA) is 62.3 Å². The molecule has 0 aromatic carbocycles. The number of nitrogens with zero attached hydrogens (tertiary/aromatic N) is 1. The number of likely N-dealkylation sites (tertiary alicyclic amines) is 1. The molecular weight excluding hydrogens is 178 g/mol. The molecule has 1 aliphatic heterocycles. The average molecular weight is 199 g/mol. The van der Waals surface area contributed by atoms with Crippen LogP contribution in [-0.2, 0) is 4.74 Å².